The molecule has 0 bridgehead atoms. The van der Waals surface area contributed by atoms with Gasteiger partial charge in [0.25, 0.3) is 0 Å². The van der Waals surface area contributed by atoms with E-state index in [0.29, 0.717) is 47.3 Å². The number of likely N-dealkylation sites (N-methyl/N-ethyl adjacent to an activating group) is 1. The van der Waals surface area contributed by atoms with Crippen molar-refractivity contribution in [3.05, 3.63) is 178 Å². The molecule has 352 valence electrons. The van der Waals surface area contributed by atoms with E-state index in [1.165, 1.54) is 4.90 Å². The summed E-state index contributed by atoms with van der Waals surface area (Å²) in [6.07, 6.45) is 3.35. The summed E-state index contributed by atoms with van der Waals surface area (Å²) in [6.45, 7) is 13.5. The fraction of sp³-hybridized carbons (Fsp3) is 0.310. The Morgan fingerprint density at radius 1 is 0.870 bits per heavy atom. The predicted molar refractivity (Wildman–Crippen MR) is 277 cm³/mol. The first-order chi connectivity index (χ1) is 33.3. The zero-order chi connectivity index (χ0) is 48.2. The molecule has 1 saturated heterocycles. The number of fused-ring (bicyclic) bond motifs is 2. The van der Waals surface area contributed by atoms with Gasteiger partial charge in [-0.1, -0.05) is 161 Å². The van der Waals surface area contributed by atoms with Crippen LogP contribution in [0.3, 0.4) is 0 Å². The number of benzene rings is 6. The lowest BCUT2D eigenvalue weighted by Gasteiger charge is -2.36. The van der Waals surface area contributed by atoms with E-state index in [4.69, 9.17) is 19.8 Å². The fourth-order valence-electron chi connectivity index (χ4n) is 10.7. The molecule has 2 fully saturated rings. The molecule has 9 nitrogen and oxygen atoms in total. The average molecular weight is 939 g/mol. The smallest absolute Gasteiger partial charge is 0.407 e. The number of halogens is 1. The van der Waals surface area contributed by atoms with E-state index >= 15 is 4.39 Å². The maximum Gasteiger partial charge on any atom is 0.407 e. The predicted octanol–water partition coefficient (Wildman–Crippen LogP) is 13.5. The number of hydrogen-bond donors (Lipinski definition) is 1. The number of rotatable bonds is 13. The largest absolute Gasteiger partial charge is 0.485 e. The number of hydrogen-bond acceptors (Lipinski definition) is 7. The van der Waals surface area contributed by atoms with Crippen LogP contribution in [0.4, 0.5) is 15.0 Å². The minimum absolute atomic E-state index is 0.102. The van der Waals surface area contributed by atoms with Crippen molar-refractivity contribution >= 4 is 45.5 Å². The van der Waals surface area contributed by atoms with Crippen LogP contribution in [0.2, 0.25) is 0 Å². The van der Waals surface area contributed by atoms with Crippen LogP contribution in [0.5, 0.6) is 5.75 Å². The van der Waals surface area contributed by atoms with Gasteiger partial charge in [-0.25, -0.2) is 19.2 Å². The quantitative estimate of drug-likeness (QED) is 0.0694. The minimum Gasteiger partial charge on any atom is -0.485 e. The summed E-state index contributed by atoms with van der Waals surface area (Å²) in [5.74, 6) is 1.89. The van der Waals surface area contributed by atoms with E-state index in [9.17, 15) is 9.90 Å². The molecule has 1 saturated carbocycles. The highest BCUT2D eigenvalue weighted by molar-refractivity contribution is 7.99. The van der Waals surface area contributed by atoms with Gasteiger partial charge in [-0.3, -0.25) is 4.68 Å². The second-order valence-electron chi connectivity index (χ2n) is 19.6. The molecular formula is C58H59FN6O3S. The molecule has 0 spiro atoms. The Hall–Kier alpha value is -6.72. The molecule has 1 aliphatic carbocycles. The van der Waals surface area contributed by atoms with Crippen molar-refractivity contribution < 1.29 is 19.0 Å². The third-order valence-corrected chi connectivity index (χ3v) is 14.9. The number of nitrogens with zero attached hydrogens (tertiary/aromatic N) is 6. The molecule has 2 atom stereocenters. The molecule has 11 heteroatoms. The first-order valence-corrected chi connectivity index (χ1v) is 25.1. The summed E-state index contributed by atoms with van der Waals surface area (Å²) in [4.78, 5) is 26.8. The molecule has 3 heterocycles. The minimum atomic E-state index is -0.936. The van der Waals surface area contributed by atoms with Gasteiger partial charge < -0.3 is 19.6 Å². The van der Waals surface area contributed by atoms with E-state index < -0.39 is 17.0 Å². The van der Waals surface area contributed by atoms with Gasteiger partial charge in [0.1, 0.15) is 29.0 Å². The number of aromatic nitrogens is 4. The van der Waals surface area contributed by atoms with Crippen LogP contribution in [-0.2, 0) is 11.0 Å². The van der Waals surface area contributed by atoms with Crippen molar-refractivity contribution in [1.82, 2.24) is 24.6 Å². The van der Waals surface area contributed by atoms with Gasteiger partial charge in [-0.2, -0.15) is 5.10 Å². The van der Waals surface area contributed by atoms with Crippen LogP contribution in [0.15, 0.2) is 139 Å². The summed E-state index contributed by atoms with van der Waals surface area (Å²) in [5, 5.41) is 17.7. The topological polar surface area (TPSA) is 96.6 Å². The number of carbonyl (C=O) groups is 1. The van der Waals surface area contributed by atoms with Crippen LogP contribution >= 0.6 is 11.8 Å². The molecule has 0 radical (unpaired) electrons. The Kier molecular flexibility index (Phi) is 12.2. The molecule has 2 aromatic heterocycles. The van der Waals surface area contributed by atoms with Gasteiger partial charge in [0.15, 0.2) is 5.16 Å². The van der Waals surface area contributed by atoms with E-state index in [2.05, 4.69) is 135 Å². The second-order valence-corrected chi connectivity index (χ2v) is 20.9. The molecule has 6 aromatic carbocycles. The van der Waals surface area contributed by atoms with Gasteiger partial charge in [-0.15, -0.1) is 0 Å². The number of likely N-dealkylation sites (tertiary alicyclic amines) is 1. The first-order valence-electron chi connectivity index (χ1n) is 24.1. The number of carboxylic acid groups (broad SMARTS) is 1. The van der Waals surface area contributed by atoms with Crippen LogP contribution in [0, 0.1) is 12.7 Å². The van der Waals surface area contributed by atoms with Crippen LogP contribution in [-0.4, -0.2) is 67.8 Å². The Labute approximate surface area is 408 Å². The molecular weight excluding hydrogens is 880 g/mol. The number of ether oxygens (including phenoxy) is 1. The highest BCUT2D eigenvalue weighted by atomic mass is 32.2. The van der Waals surface area contributed by atoms with Gasteiger partial charge in [-0.05, 0) is 94.7 Å². The summed E-state index contributed by atoms with van der Waals surface area (Å²) >= 11 is 1.57. The first kappa shape index (κ1) is 46.0. The monoisotopic (exact) mass is 938 g/mol. The van der Waals surface area contributed by atoms with Crippen molar-refractivity contribution in [3.63, 3.8) is 0 Å². The normalized spacial score (nSPS) is 15.8. The zero-order valence-corrected chi connectivity index (χ0v) is 41.2. The van der Waals surface area contributed by atoms with Crippen molar-refractivity contribution in [1.29, 1.82) is 0 Å². The van der Waals surface area contributed by atoms with E-state index in [0.717, 1.165) is 79.4 Å². The lowest BCUT2D eigenvalue weighted by molar-refractivity contribution is 0.155. The van der Waals surface area contributed by atoms with Gasteiger partial charge in [0.2, 0.25) is 0 Å². The molecule has 8 aromatic rings. The summed E-state index contributed by atoms with van der Waals surface area (Å²) < 4.78 is 26.8. The molecule has 1 aliphatic heterocycles. The van der Waals surface area contributed by atoms with Crippen LogP contribution in [0.25, 0.3) is 32.9 Å². The van der Waals surface area contributed by atoms with Crippen LogP contribution in [0.1, 0.15) is 105 Å². The Balaban J connectivity index is 1.35. The summed E-state index contributed by atoms with van der Waals surface area (Å²) in [6, 6.07) is 43.0. The number of amides is 1. The zero-order valence-electron chi connectivity index (χ0n) is 40.4. The fourth-order valence-corrected chi connectivity index (χ4v) is 11.2. The summed E-state index contributed by atoms with van der Waals surface area (Å²) in [7, 11) is 2.02. The van der Waals surface area contributed by atoms with Gasteiger partial charge in [0, 0.05) is 49.4 Å². The number of thioether (sulfide) groups is 1. The second kappa shape index (κ2) is 18.3. The SMILES string of the molecule is CCSc1nc(N(C)[C@H]2CCN(C(=O)O)C2)c2c(OC(C)c3ccccc3)c(C3CC3)c(-c3c(C)c(F)cc4nn(C(c5ccccc5)(c5ccccc5)c5ccccc5)cc34)c(C(C)(C)C)c2n1. The maximum absolute atomic E-state index is 17.3. The van der Waals surface area contributed by atoms with Crippen molar-refractivity contribution in [3.8, 4) is 16.9 Å². The van der Waals surface area contributed by atoms with Crippen LogP contribution < -0.4 is 9.64 Å². The highest BCUT2D eigenvalue weighted by Gasteiger charge is 2.43. The van der Waals surface area contributed by atoms with Crippen molar-refractivity contribution in [2.24, 2.45) is 0 Å². The molecule has 69 heavy (non-hydrogen) atoms. The summed E-state index contributed by atoms with van der Waals surface area (Å²) in [5.41, 5.74) is 8.10. The molecule has 1 unspecified atom stereocenters. The lowest BCUT2D eigenvalue weighted by Crippen LogP contribution is -2.38. The Morgan fingerprint density at radius 3 is 1.97 bits per heavy atom. The van der Waals surface area contributed by atoms with E-state index in [1.807, 2.05) is 50.4 Å². The Bertz CT molecular complexity index is 3080. The third-order valence-electron chi connectivity index (χ3n) is 14.2. The molecule has 10 rings (SSSR count). The lowest BCUT2D eigenvalue weighted by atomic mass is 9.75. The highest BCUT2D eigenvalue weighted by Crippen LogP contribution is 2.58. The average Bonchev–Trinajstić information content (AvgIpc) is 3.90. The Morgan fingerprint density at radius 2 is 1.45 bits per heavy atom. The molecule has 1 N–H and O–H groups in total. The van der Waals surface area contributed by atoms with Crippen molar-refractivity contribution in [2.75, 3.05) is 30.8 Å². The van der Waals surface area contributed by atoms with Gasteiger partial charge in [0.05, 0.1) is 16.4 Å². The standard InChI is InChI=1S/C58H59FN6O3S/c1-8-69-55-60-52-50(54(61-55)63(7)43-31-32-64(34-43)56(66)67)53(68-37(3)38-21-13-9-14-22-38)48(39-29-30-39)49(51(52)57(4,5)6)47-36(2)45(59)33-46-44(47)35-65(62-46)58(40-23-15-10-16-24-40,41-25-17-11-18-26-41)42-27-19-12-20-28-42/h9-28,33,35,37,39,43H,8,29-32,34H2,1-7H3,(H,66,67)/t37?,43-/m0/s1. The third kappa shape index (κ3) is 8.18. The maximum atomic E-state index is 17.3. The van der Waals surface area contributed by atoms with Crippen molar-refractivity contribution in [2.45, 2.75) is 95.0 Å². The van der Waals surface area contributed by atoms with E-state index in [-0.39, 0.29) is 23.9 Å². The molecule has 1 amide bonds. The number of anilines is 1. The van der Waals surface area contributed by atoms with Gasteiger partial charge >= 0.3 is 6.09 Å². The molecule has 2 aliphatic rings. The van der Waals surface area contributed by atoms with E-state index in [1.54, 1.807) is 17.8 Å².